The molecule has 0 aliphatic carbocycles. The molecule has 17 heavy (non-hydrogen) atoms. The Kier molecular flexibility index (Phi) is 4.67. The van der Waals surface area contributed by atoms with Gasteiger partial charge in [-0.25, -0.2) is 0 Å². The predicted molar refractivity (Wildman–Crippen MR) is 64.7 cm³/mol. The quantitative estimate of drug-likeness (QED) is 0.755. The minimum Gasteiger partial charge on any atom is -0.262 e. The zero-order valence-corrected chi connectivity index (χ0v) is 10.7. The molecular weight excluding hydrogens is 238 g/mol. The summed E-state index contributed by atoms with van der Waals surface area (Å²) < 4.78 is 27.3. The van der Waals surface area contributed by atoms with Crippen molar-refractivity contribution in [1.82, 2.24) is 0 Å². The lowest BCUT2D eigenvalue weighted by Gasteiger charge is -2.15. The summed E-state index contributed by atoms with van der Waals surface area (Å²) in [7, 11) is -3.47. The summed E-state index contributed by atoms with van der Waals surface area (Å²) >= 11 is 0. The lowest BCUT2D eigenvalue weighted by molar-refractivity contribution is 0.204. The molecular formula is C12H15NO3S. The summed E-state index contributed by atoms with van der Waals surface area (Å²) in [4.78, 5) is 0. The van der Waals surface area contributed by atoms with Crippen molar-refractivity contribution >= 4 is 10.1 Å². The Morgan fingerprint density at radius 3 is 2.35 bits per heavy atom. The molecule has 0 saturated carbocycles. The minimum absolute atomic E-state index is 0.470. The first kappa shape index (κ1) is 13.7. The molecule has 0 bridgehead atoms. The van der Waals surface area contributed by atoms with E-state index in [4.69, 9.17) is 9.44 Å². The van der Waals surface area contributed by atoms with Gasteiger partial charge in [0.1, 0.15) is 6.10 Å². The van der Waals surface area contributed by atoms with Crippen molar-refractivity contribution in [3.8, 4) is 6.07 Å². The van der Waals surface area contributed by atoms with Gasteiger partial charge in [-0.2, -0.15) is 13.7 Å². The van der Waals surface area contributed by atoms with E-state index in [0.717, 1.165) is 18.2 Å². The molecule has 0 spiro atoms. The SMILES string of the molecule is CCCC(OS(C)(=O)=O)c1ccc(C#N)cc1. The van der Waals surface area contributed by atoms with Gasteiger partial charge in [-0.15, -0.1) is 0 Å². The van der Waals surface area contributed by atoms with Crippen molar-refractivity contribution in [3.05, 3.63) is 35.4 Å². The molecule has 0 saturated heterocycles. The number of hydrogen-bond donors (Lipinski definition) is 0. The largest absolute Gasteiger partial charge is 0.264 e. The first-order valence-corrected chi connectivity index (χ1v) is 7.16. The highest BCUT2D eigenvalue weighted by Crippen LogP contribution is 2.24. The molecule has 0 aliphatic rings. The van der Waals surface area contributed by atoms with Gasteiger partial charge in [0.25, 0.3) is 10.1 Å². The number of hydrogen-bond acceptors (Lipinski definition) is 4. The van der Waals surface area contributed by atoms with Crippen LogP contribution in [0.25, 0.3) is 0 Å². The van der Waals surface area contributed by atoms with Crippen LogP contribution in [-0.2, 0) is 14.3 Å². The zero-order chi connectivity index (χ0) is 12.9. The third kappa shape index (κ3) is 4.55. The normalized spacial score (nSPS) is 13.0. The summed E-state index contributed by atoms with van der Waals surface area (Å²) in [5, 5.41) is 8.68. The third-order valence-electron chi connectivity index (χ3n) is 2.25. The van der Waals surface area contributed by atoms with E-state index in [9.17, 15) is 8.42 Å². The highest BCUT2D eigenvalue weighted by molar-refractivity contribution is 7.86. The van der Waals surface area contributed by atoms with Gasteiger partial charge in [0.2, 0.25) is 0 Å². The van der Waals surface area contributed by atoms with Gasteiger partial charge in [-0.1, -0.05) is 25.5 Å². The lowest BCUT2D eigenvalue weighted by Crippen LogP contribution is -2.10. The predicted octanol–water partition coefficient (Wildman–Crippen LogP) is 2.38. The molecule has 5 heteroatoms. The van der Waals surface area contributed by atoms with E-state index in [2.05, 4.69) is 0 Å². The molecule has 0 radical (unpaired) electrons. The van der Waals surface area contributed by atoms with E-state index >= 15 is 0 Å². The monoisotopic (exact) mass is 253 g/mol. The molecule has 0 heterocycles. The molecule has 1 atom stereocenters. The third-order valence-corrected chi connectivity index (χ3v) is 2.84. The topological polar surface area (TPSA) is 67.2 Å². The van der Waals surface area contributed by atoms with Crippen molar-refractivity contribution in [3.63, 3.8) is 0 Å². The van der Waals surface area contributed by atoms with Gasteiger partial charge < -0.3 is 0 Å². The summed E-state index contributed by atoms with van der Waals surface area (Å²) in [6, 6.07) is 8.78. The van der Waals surface area contributed by atoms with E-state index in [1.165, 1.54) is 0 Å². The molecule has 1 rings (SSSR count). The van der Waals surface area contributed by atoms with E-state index in [1.807, 2.05) is 13.0 Å². The van der Waals surface area contributed by atoms with Gasteiger partial charge in [-0.05, 0) is 24.1 Å². The molecule has 0 fully saturated rings. The van der Waals surface area contributed by atoms with Crippen LogP contribution in [0.4, 0.5) is 0 Å². The second-order valence-corrected chi connectivity index (χ2v) is 5.41. The van der Waals surface area contributed by atoms with Gasteiger partial charge >= 0.3 is 0 Å². The van der Waals surface area contributed by atoms with E-state index < -0.39 is 16.2 Å². The van der Waals surface area contributed by atoms with Gasteiger partial charge in [0, 0.05) is 0 Å². The average Bonchev–Trinajstić information content (AvgIpc) is 2.27. The first-order chi connectivity index (χ1) is 7.96. The molecule has 0 aliphatic heterocycles. The molecule has 1 aromatic carbocycles. The Hall–Kier alpha value is -1.38. The van der Waals surface area contributed by atoms with E-state index in [0.29, 0.717) is 12.0 Å². The molecule has 4 nitrogen and oxygen atoms in total. The second-order valence-electron chi connectivity index (χ2n) is 3.81. The van der Waals surface area contributed by atoms with Crippen molar-refractivity contribution in [2.75, 3.05) is 6.26 Å². The summed E-state index contributed by atoms with van der Waals surface area (Å²) in [6.07, 6.45) is 2.01. The Balaban J connectivity index is 2.93. The van der Waals surface area contributed by atoms with Crippen molar-refractivity contribution in [2.45, 2.75) is 25.9 Å². The van der Waals surface area contributed by atoms with Crippen LogP contribution in [0, 0.1) is 11.3 Å². The molecule has 0 N–H and O–H groups in total. The zero-order valence-electron chi connectivity index (χ0n) is 9.88. The maximum atomic E-state index is 11.1. The summed E-state index contributed by atoms with van der Waals surface area (Å²) in [5.74, 6) is 0. The maximum Gasteiger partial charge on any atom is 0.264 e. The van der Waals surface area contributed by atoms with Crippen LogP contribution >= 0.6 is 0 Å². The fourth-order valence-electron chi connectivity index (χ4n) is 1.52. The van der Waals surface area contributed by atoms with Crippen LogP contribution in [0.3, 0.4) is 0 Å². The van der Waals surface area contributed by atoms with Crippen LogP contribution in [0.15, 0.2) is 24.3 Å². The Bertz CT molecular complexity index is 500. The highest BCUT2D eigenvalue weighted by atomic mass is 32.2. The van der Waals surface area contributed by atoms with Crippen LogP contribution < -0.4 is 0 Å². The van der Waals surface area contributed by atoms with Gasteiger partial charge in [0.15, 0.2) is 0 Å². The molecule has 0 aromatic heterocycles. The Morgan fingerprint density at radius 1 is 1.35 bits per heavy atom. The number of benzene rings is 1. The van der Waals surface area contributed by atoms with E-state index in [1.54, 1.807) is 24.3 Å². The van der Waals surface area contributed by atoms with E-state index in [-0.39, 0.29) is 0 Å². The maximum absolute atomic E-state index is 11.1. The van der Waals surface area contributed by atoms with Crippen molar-refractivity contribution < 1.29 is 12.6 Å². The summed E-state index contributed by atoms with van der Waals surface area (Å²) in [6.45, 7) is 1.96. The molecule has 1 aromatic rings. The molecule has 1 unspecified atom stereocenters. The van der Waals surface area contributed by atoms with Crippen LogP contribution in [-0.4, -0.2) is 14.7 Å². The van der Waals surface area contributed by atoms with Gasteiger partial charge in [0.05, 0.1) is 17.9 Å². The number of rotatable bonds is 5. The highest BCUT2D eigenvalue weighted by Gasteiger charge is 2.16. The molecule has 0 amide bonds. The van der Waals surface area contributed by atoms with Crippen LogP contribution in [0.2, 0.25) is 0 Å². The van der Waals surface area contributed by atoms with Gasteiger partial charge in [-0.3, -0.25) is 4.18 Å². The Labute approximate surface area is 102 Å². The molecule has 92 valence electrons. The average molecular weight is 253 g/mol. The van der Waals surface area contributed by atoms with Crippen molar-refractivity contribution in [2.24, 2.45) is 0 Å². The van der Waals surface area contributed by atoms with Crippen molar-refractivity contribution in [1.29, 1.82) is 5.26 Å². The second kappa shape index (κ2) is 5.80. The lowest BCUT2D eigenvalue weighted by atomic mass is 10.0. The fourth-order valence-corrected chi connectivity index (χ4v) is 2.15. The Morgan fingerprint density at radius 2 is 1.94 bits per heavy atom. The van der Waals surface area contributed by atoms with Crippen LogP contribution in [0.5, 0.6) is 0 Å². The first-order valence-electron chi connectivity index (χ1n) is 5.34. The number of nitrogens with zero attached hydrogens (tertiary/aromatic N) is 1. The number of nitriles is 1. The fraction of sp³-hybridized carbons (Fsp3) is 0.417. The summed E-state index contributed by atoms with van der Waals surface area (Å²) in [5.41, 5.74) is 1.32. The standard InChI is InChI=1S/C12H15NO3S/c1-3-4-12(16-17(2,14)15)11-7-5-10(9-13)6-8-11/h5-8,12H,3-4H2,1-2H3. The van der Waals surface area contributed by atoms with Crippen LogP contribution in [0.1, 0.15) is 37.0 Å². The minimum atomic E-state index is -3.47. The smallest absolute Gasteiger partial charge is 0.262 e.